The molecule has 0 aromatic heterocycles. The zero-order valence-corrected chi connectivity index (χ0v) is 12.0. The molecule has 0 spiro atoms. The van der Waals surface area contributed by atoms with Crippen molar-refractivity contribution in [2.75, 3.05) is 6.54 Å². The Labute approximate surface area is 118 Å². The highest BCUT2D eigenvalue weighted by atomic mass is 16.4. The zero-order valence-electron chi connectivity index (χ0n) is 12.0. The summed E-state index contributed by atoms with van der Waals surface area (Å²) in [4.78, 5) is 11.0. The smallest absolute Gasteiger partial charge is 0.307 e. The number of hydrogen-bond donors (Lipinski definition) is 4. The van der Waals surface area contributed by atoms with Gasteiger partial charge in [-0.1, -0.05) is 20.8 Å². The van der Waals surface area contributed by atoms with E-state index in [9.17, 15) is 15.0 Å². The van der Waals surface area contributed by atoms with Gasteiger partial charge >= 0.3 is 5.97 Å². The van der Waals surface area contributed by atoms with Crippen molar-refractivity contribution in [2.45, 2.75) is 38.6 Å². The molecule has 4 N–H and O–H groups in total. The molecule has 1 aromatic carbocycles. The zero-order chi connectivity index (χ0) is 15.1. The monoisotopic (exact) mass is 279 g/mol. The van der Waals surface area contributed by atoms with Crippen molar-refractivity contribution in [3.8, 4) is 11.5 Å². The SMILES string of the molecule is CC(C)(C)c1cc(O)c(O)c(C2CC(C(=O)O)CN2)c1. The van der Waals surface area contributed by atoms with E-state index in [1.54, 1.807) is 6.07 Å². The predicted molar refractivity (Wildman–Crippen MR) is 75.0 cm³/mol. The number of phenolic OH excluding ortho intramolecular Hbond substituents is 2. The largest absolute Gasteiger partial charge is 0.504 e. The summed E-state index contributed by atoms with van der Waals surface area (Å²) >= 11 is 0. The molecule has 1 aliphatic heterocycles. The number of phenols is 2. The van der Waals surface area contributed by atoms with Crippen LogP contribution in [0.5, 0.6) is 11.5 Å². The highest BCUT2D eigenvalue weighted by Crippen LogP contribution is 2.41. The topological polar surface area (TPSA) is 89.8 Å². The first-order valence-corrected chi connectivity index (χ1v) is 6.72. The van der Waals surface area contributed by atoms with Crippen molar-refractivity contribution in [1.82, 2.24) is 5.32 Å². The summed E-state index contributed by atoms with van der Waals surface area (Å²) in [5.41, 5.74) is 1.31. The second-order valence-electron chi connectivity index (χ2n) is 6.41. The Kier molecular flexibility index (Phi) is 3.65. The summed E-state index contributed by atoms with van der Waals surface area (Å²) < 4.78 is 0. The summed E-state index contributed by atoms with van der Waals surface area (Å²) in [5, 5.41) is 32.1. The fourth-order valence-electron chi connectivity index (χ4n) is 2.50. The second-order valence-corrected chi connectivity index (χ2v) is 6.41. The first-order chi connectivity index (χ1) is 9.20. The molecule has 5 nitrogen and oxygen atoms in total. The lowest BCUT2D eigenvalue weighted by Crippen LogP contribution is -2.18. The highest BCUT2D eigenvalue weighted by molar-refractivity contribution is 5.71. The van der Waals surface area contributed by atoms with E-state index in [1.165, 1.54) is 0 Å². The highest BCUT2D eigenvalue weighted by Gasteiger charge is 2.32. The molecule has 0 radical (unpaired) electrons. The van der Waals surface area contributed by atoms with Gasteiger partial charge in [-0.15, -0.1) is 0 Å². The maximum atomic E-state index is 11.0. The van der Waals surface area contributed by atoms with Crippen LogP contribution in [0.15, 0.2) is 12.1 Å². The number of nitrogens with one attached hydrogen (secondary N) is 1. The van der Waals surface area contributed by atoms with Gasteiger partial charge in [0, 0.05) is 18.2 Å². The van der Waals surface area contributed by atoms with Crippen LogP contribution >= 0.6 is 0 Å². The van der Waals surface area contributed by atoms with Crippen LogP contribution in [0.1, 0.15) is 44.4 Å². The van der Waals surface area contributed by atoms with Gasteiger partial charge in [0.05, 0.1) is 5.92 Å². The van der Waals surface area contributed by atoms with Gasteiger partial charge in [0.2, 0.25) is 0 Å². The third kappa shape index (κ3) is 2.72. The van der Waals surface area contributed by atoms with E-state index in [0.29, 0.717) is 18.5 Å². The third-order valence-electron chi connectivity index (χ3n) is 3.84. The summed E-state index contributed by atoms with van der Waals surface area (Å²) in [6.07, 6.45) is 0.413. The normalized spacial score (nSPS) is 22.9. The number of carboxylic acid groups (broad SMARTS) is 1. The van der Waals surface area contributed by atoms with Gasteiger partial charge in [0.1, 0.15) is 0 Å². The lowest BCUT2D eigenvalue weighted by molar-refractivity contribution is -0.141. The van der Waals surface area contributed by atoms with Crippen LogP contribution in [-0.2, 0) is 10.2 Å². The van der Waals surface area contributed by atoms with Crippen LogP contribution in [0.3, 0.4) is 0 Å². The maximum Gasteiger partial charge on any atom is 0.307 e. The van der Waals surface area contributed by atoms with Gasteiger partial charge in [-0.05, 0) is 29.5 Å². The second kappa shape index (κ2) is 4.98. The van der Waals surface area contributed by atoms with Crippen molar-refractivity contribution in [3.63, 3.8) is 0 Å². The molecule has 1 heterocycles. The molecule has 2 atom stereocenters. The first-order valence-electron chi connectivity index (χ1n) is 6.72. The average Bonchev–Trinajstić information content (AvgIpc) is 2.80. The van der Waals surface area contributed by atoms with E-state index in [4.69, 9.17) is 5.11 Å². The van der Waals surface area contributed by atoms with Crippen molar-refractivity contribution in [3.05, 3.63) is 23.3 Å². The standard InChI is InChI=1S/C15H21NO4/c1-15(2,3)9-5-10(13(18)12(17)6-9)11-4-8(7-16-11)14(19)20/h5-6,8,11,16-18H,4,7H2,1-3H3,(H,19,20). The molecule has 1 aliphatic rings. The molecule has 20 heavy (non-hydrogen) atoms. The lowest BCUT2D eigenvalue weighted by Gasteiger charge is -2.23. The molecule has 0 bridgehead atoms. The van der Waals surface area contributed by atoms with Gasteiger partial charge < -0.3 is 20.6 Å². The molecular weight excluding hydrogens is 258 g/mol. The predicted octanol–water partition coefficient (Wildman–Crippen LogP) is 2.13. The molecule has 1 saturated heterocycles. The van der Waals surface area contributed by atoms with E-state index in [2.05, 4.69) is 5.32 Å². The van der Waals surface area contributed by atoms with Crippen LogP contribution in [0, 0.1) is 5.92 Å². The van der Waals surface area contributed by atoms with E-state index in [-0.39, 0.29) is 23.0 Å². The fraction of sp³-hybridized carbons (Fsp3) is 0.533. The Morgan fingerprint density at radius 1 is 1.30 bits per heavy atom. The van der Waals surface area contributed by atoms with Crippen molar-refractivity contribution in [2.24, 2.45) is 5.92 Å². The van der Waals surface area contributed by atoms with Gasteiger partial charge in [-0.25, -0.2) is 0 Å². The van der Waals surface area contributed by atoms with Crippen LogP contribution in [0.2, 0.25) is 0 Å². The molecule has 0 saturated carbocycles. The minimum atomic E-state index is -0.837. The van der Waals surface area contributed by atoms with Crippen molar-refractivity contribution < 1.29 is 20.1 Å². The minimum Gasteiger partial charge on any atom is -0.504 e. The number of carbonyl (C=O) groups is 1. The Morgan fingerprint density at radius 3 is 2.45 bits per heavy atom. The van der Waals surface area contributed by atoms with Crippen LogP contribution in [0.4, 0.5) is 0 Å². The number of hydrogen-bond acceptors (Lipinski definition) is 4. The third-order valence-corrected chi connectivity index (χ3v) is 3.84. The van der Waals surface area contributed by atoms with E-state index >= 15 is 0 Å². The van der Waals surface area contributed by atoms with Gasteiger partial charge in [0.25, 0.3) is 0 Å². The number of carboxylic acids is 1. The number of benzene rings is 1. The number of aliphatic carboxylic acids is 1. The van der Waals surface area contributed by atoms with E-state index in [1.807, 2.05) is 26.8 Å². The summed E-state index contributed by atoms with van der Waals surface area (Å²) in [6.45, 7) is 6.43. The van der Waals surface area contributed by atoms with Crippen molar-refractivity contribution >= 4 is 5.97 Å². The van der Waals surface area contributed by atoms with Gasteiger partial charge in [-0.2, -0.15) is 0 Å². The maximum absolute atomic E-state index is 11.0. The number of aromatic hydroxyl groups is 2. The summed E-state index contributed by atoms with van der Waals surface area (Å²) in [5.74, 6) is -1.62. The lowest BCUT2D eigenvalue weighted by atomic mass is 9.84. The van der Waals surface area contributed by atoms with Crippen LogP contribution < -0.4 is 5.32 Å². The Balaban J connectivity index is 2.37. The minimum absolute atomic E-state index is 0.159. The van der Waals surface area contributed by atoms with Crippen LogP contribution in [-0.4, -0.2) is 27.8 Å². The number of rotatable bonds is 2. The Bertz CT molecular complexity index is 533. The molecule has 2 unspecified atom stereocenters. The average molecular weight is 279 g/mol. The molecule has 0 amide bonds. The first kappa shape index (κ1) is 14.7. The van der Waals surface area contributed by atoms with E-state index < -0.39 is 11.9 Å². The van der Waals surface area contributed by atoms with E-state index in [0.717, 1.165) is 5.56 Å². The fourth-order valence-corrected chi connectivity index (χ4v) is 2.50. The molecule has 1 fully saturated rings. The summed E-state index contributed by atoms with van der Waals surface area (Å²) in [7, 11) is 0. The van der Waals surface area contributed by atoms with Crippen molar-refractivity contribution in [1.29, 1.82) is 0 Å². The molecule has 110 valence electrons. The van der Waals surface area contributed by atoms with Crippen LogP contribution in [0.25, 0.3) is 0 Å². The molecule has 1 aromatic rings. The Morgan fingerprint density at radius 2 is 1.95 bits per heavy atom. The van der Waals surface area contributed by atoms with Gasteiger partial charge in [-0.3, -0.25) is 4.79 Å². The molecular formula is C15H21NO4. The summed E-state index contributed by atoms with van der Waals surface area (Å²) in [6, 6.07) is 3.16. The molecule has 0 aliphatic carbocycles. The Hall–Kier alpha value is -1.75. The quantitative estimate of drug-likeness (QED) is 0.623. The molecule has 5 heteroatoms. The molecule has 2 rings (SSSR count). The van der Waals surface area contributed by atoms with Gasteiger partial charge in [0.15, 0.2) is 11.5 Å².